The van der Waals surface area contributed by atoms with Gasteiger partial charge in [-0.3, -0.25) is 19.5 Å². The van der Waals surface area contributed by atoms with E-state index in [-0.39, 0.29) is 23.4 Å². The van der Waals surface area contributed by atoms with E-state index in [9.17, 15) is 19.7 Å². The second kappa shape index (κ2) is 11.4. The number of methoxy groups -OCH3 is 1. The molecule has 0 N–H and O–H groups in total. The number of thiazole rings is 1. The van der Waals surface area contributed by atoms with Crippen molar-refractivity contribution in [1.82, 2.24) is 4.57 Å². The normalized spacial score (nSPS) is 14.8. The number of furan rings is 1. The van der Waals surface area contributed by atoms with Gasteiger partial charge in [0, 0.05) is 28.8 Å². The predicted octanol–water partition coefficient (Wildman–Crippen LogP) is 5.44. The Bertz CT molecular complexity index is 2190. The topological polar surface area (TPSA) is 126 Å². The molecule has 0 spiro atoms. The summed E-state index contributed by atoms with van der Waals surface area (Å²) in [6.07, 6.45) is 1.61. The molecule has 3 aromatic carbocycles. The average Bonchev–Trinajstić information content (AvgIpc) is 3.59. The Morgan fingerprint density at radius 3 is 2.66 bits per heavy atom. The van der Waals surface area contributed by atoms with E-state index in [2.05, 4.69) is 4.99 Å². The molecule has 0 bridgehead atoms. The molecule has 0 saturated heterocycles. The highest BCUT2D eigenvalue weighted by molar-refractivity contribution is 7.07. The third kappa shape index (κ3) is 4.80. The zero-order chi connectivity index (χ0) is 31.1. The van der Waals surface area contributed by atoms with Crippen LogP contribution in [0.3, 0.4) is 0 Å². The molecule has 6 rings (SSSR count). The van der Waals surface area contributed by atoms with Crippen molar-refractivity contribution in [1.29, 1.82) is 0 Å². The van der Waals surface area contributed by atoms with Crippen molar-refractivity contribution in [2.24, 2.45) is 4.99 Å². The van der Waals surface area contributed by atoms with Gasteiger partial charge in [0.25, 0.3) is 11.2 Å². The van der Waals surface area contributed by atoms with Crippen molar-refractivity contribution >= 4 is 39.8 Å². The number of hydrogen-bond acceptors (Lipinski definition) is 9. The fourth-order valence-electron chi connectivity index (χ4n) is 5.59. The Morgan fingerprint density at radius 1 is 1.11 bits per heavy atom. The summed E-state index contributed by atoms with van der Waals surface area (Å²) < 4.78 is 19.1. The zero-order valence-electron chi connectivity index (χ0n) is 24.3. The van der Waals surface area contributed by atoms with E-state index in [4.69, 9.17) is 13.9 Å². The second-order valence-electron chi connectivity index (χ2n) is 10.1. The van der Waals surface area contributed by atoms with Gasteiger partial charge in [0.05, 0.1) is 34.4 Å². The predicted molar refractivity (Wildman–Crippen MR) is 166 cm³/mol. The number of ether oxygens (including phenoxy) is 2. The number of nitrogens with zero attached hydrogens (tertiary/aromatic N) is 3. The van der Waals surface area contributed by atoms with Crippen molar-refractivity contribution in [3.8, 4) is 17.1 Å². The molecule has 2 aromatic heterocycles. The number of allylic oxidation sites excluding steroid dienone is 1. The quantitative estimate of drug-likeness (QED) is 0.137. The number of carbonyl (C=O) groups excluding carboxylic acids is 1. The highest BCUT2D eigenvalue weighted by Crippen LogP contribution is 2.40. The zero-order valence-corrected chi connectivity index (χ0v) is 25.1. The molecule has 222 valence electrons. The molecule has 5 aromatic rings. The monoisotopic (exact) mass is 609 g/mol. The summed E-state index contributed by atoms with van der Waals surface area (Å²) in [6.45, 7) is 5.28. The Kier molecular flexibility index (Phi) is 7.48. The van der Waals surface area contributed by atoms with Crippen LogP contribution in [0.15, 0.2) is 92.2 Å². The van der Waals surface area contributed by atoms with Crippen LogP contribution in [0.5, 0.6) is 5.75 Å². The first-order valence-electron chi connectivity index (χ1n) is 13.8. The Hall–Kier alpha value is -5.29. The number of fused-ring (bicyclic) bond motifs is 2. The number of nitro benzene ring substituents is 1. The minimum Gasteiger partial charge on any atom is -0.496 e. The van der Waals surface area contributed by atoms with Crippen molar-refractivity contribution in [3.63, 3.8) is 0 Å². The molecule has 10 nitrogen and oxygen atoms in total. The molecule has 1 aliphatic heterocycles. The van der Waals surface area contributed by atoms with Gasteiger partial charge in [-0.1, -0.05) is 53.8 Å². The van der Waals surface area contributed by atoms with Gasteiger partial charge in [0.2, 0.25) is 0 Å². The van der Waals surface area contributed by atoms with E-state index >= 15 is 0 Å². The molecule has 1 aliphatic rings. The highest BCUT2D eigenvalue weighted by Gasteiger charge is 2.36. The van der Waals surface area contributed by atoms with Crippen LogP contribution >= 0.6 is 11.3 Å². The summed E-state index contributed by atoms with van der Waals surface area (Å²) in [5, 5.41) is 13.2. The standard InChI is InChI=1S/C33H27N3O7S/c1-5-42-32(38)28-19(3)34-33-35(30(28)29-23-10-7-6-9-20(23)13-15-26(29)41-4)31(37)27(44-33)17-21-14-16-25(43-21)22-11-8-12-24(18(22)2)36(39)40/h6-17,30H,5H2,1-4H3/b27-17-/t30-/m0/s1. The Balaban J connectivity index is 1.55. The summed E-state index contributed by atoms with van der Waals surface area (Å²) in [5.74, 6) is 0.773. The number of rotatable bonds is 7. The van der Waals surface area contributed by atoms with Crippen molar-refractivity contribution in [3.05, 3.63) is 125 Å². The van der Waals surface area contributed by atoms with Gasteiger partial charge in [-0.15, -0.1) is 0 Å². The number of aromatic nitrogens is 1. The molecule has 11 heteroatoms. The van der Waals surface area contributed by atoms with E-state index in [0.29, 0.717) is 49.0 Å². The van der Waals surface area contributed by atoms with E-state index in [1.807, 2.05) is 36.4 Å². The Morgan fingerprint density at radius 2 is 1.91 bits per heavy atom. The van der Waals surface area contributed by atoms with Gasteiger partial charge < -0.3 is 13.9 Å². The number of benzene rings is 3. The van der Waals surface area contributed by atoms with Crippen molar-refractivity contribution in [2.75, 3.05) is 13.7 Å². The van der Waals surface area contributed by atoms with Crippen molar-refractivity contribution < 1.29 is 23.6 Å². The van der Waals surface area contributed by atoms with Crippen LogP contribution < -0.4 is 19.6 Å². The molecule has 1 atom stereocenters. The number of hydrogen-bond donors (Lipinski definition) is 0. The van der Waals surface area contributed by atoms with Crippen LogP contribution in [0.1, 0.15) is 36.8 Å². The van der Waals surface area contributed by atoms with Gasteiger partial charge in [0.15, 0.2) is 4.80 Å². The number of nitro groups is 1. The van der Waals surface area contributed by atoms with Gasteiger partial charge in [-0.05, 0) is 49.7 Å². The van der Waals surface area contributed by atoms with E-state index < -0.39 is 16.9 Å². The fourth-order valence-corrected chi connectivity index (χ4v) is 6.62. The average molecular weight is 610 g/mol. The second-order valence-corrected chi connectivity index (χ2v) is 11.1. The van der Waals surface area contributed by atoms with Crippen molar-refractivity contribution in [2.45, 2.75) is 26.8 Å². The maximum Gasteiger partial charge on any atom is 0.338 e. The molecule has 0 saturated carbocycles. The van der Waals surface area contributed by atoms with Gasteiger partial charge in [-0.2, -0.15) is 0 Å². The maximum absolute atomic E-state index is 14.2. The van der Waals surface area contributed by atoms with E-state index in [1.165, 1.54) is 22.0 Å². The third-order valence-electron chi connectivity index (χ3n) is 7.61. The minimum atomic E-state index is -0.867. The largest absolute Gasteiger partial charge is 0.496 e. The lowest BCUT2D eigenvalue weighted by Gasteiger charge is -2.27. The van der Waals surface area contributed by atoms with Crippen LogP contribution in [-0.2, 0) is 9.53 Å². The maximum atomic E-state index is 14.2. The molecule has 0 radical (unpaired) electrons. The lowest BCUT2D eigenvalue weighted by atomic mass is 9.90. The summed E-state index contributed by atoms with van der Waals surface area (Å²) in [5.41, 5.74) is 2.02. The molecular formula is C33H27N3O7S. The Labute approximate surface area is 255 Å². The van der Waals surface area contributed by atoms with Crippen LogP contribution in [0, 0.1) is 17.0 Å². The number of carbonyl (C=O) groups is 1. The van der Waals surface area contributed by atoms with Crippen LogP contribution in [-0.4, -0.2) is 29.2 Å². The van der Waals surface area contributed by atoms with Gasteiger partial charge >= 0.3 is 5.97 Å². The van der Waals surface area contributed by atoms with E-state index in [0.717, 1.165) is 10.8 Å². The minimum absolute atomic E-state index is 0.00889. The van der Waals surface area contributed by atoms with Crippen LogP contribution in [0.2, 0.25) is 0 Å². The first-order valence-corrected chi connectivity index (χ1v) is 14.6. The summed E-state index contributed by atoms with van der Waals surface area (Å²) in [6, 6.07) is 18.8. The molecular weight excluding hydrogens is 582 g/mol. The fraction of sp³-hybridized carbons (Fsp3) is 0.182. The molecule has 0 unspecified atom stereocenters. The first-order chi connectivity index (χ1) is 21.2. The molecule has 0 aliphatic carbocycles. The van der Waals surface area contributed by atoms with Gasteiger partial charge in [-0.25, -0.2) is 9.79 Å². The lowest BCUT2D eigenvalue weighted by molar-refractivity contribution is -0.385. The third-order valence-corrected chi connectivity index (χ3v) is 8.59. The highest BCUT2D eigenvalue weighted by atomic mass is 32.1. The summed E-state index contributed by atoms with van der Waals surface area (Å²) >= 11 is 1.17. The molecule has 0 amide bonds. The van der Waals surface area contributed by atoms with Crippen LogP contribution in [0.4, 0.5) is 5.69 Å². The summed E-state index contributed by atoms with van der Waals surface area (Å²) in [4.78, 5) is 43.7. The van der Waals surface area contributed by atoms with Crippen LogP contribution in [0.25, 0.3) is 28.2 Å². The number of esters is 1. The summed E-state index contributed by atoms with van der Waals surface area (Å²) in [7, 11) is 1.55. The van der Waals surface area contributed by atoms with Gasteiger partial charge in [0.1, 0.15) is 23.3 Å². The first kappa shape index (κ1) is 28.8. The smallest absolute Gasteiger partial charge is 0.338 e. The molecule has 3 heterocycles. The SMILES string of the molecule is CCOC(=O)C1=C(C)N=c2s/c(=C\c3ccc(-c4cccc([N+](=O)[O-])c4C)o3)c(=O)n2[C@@H]1c1c(OC)ccc2ccccc12. The molecule has 44 heavy (non-hydrogen) atoms. The molecule has 0 fully saturated rings. The lowest BCUT2D eigenvalue weighted by Crippen LogP contribution is -2.40. The van der Waals surface area contributed by atoms with E-state index in [1.54, 1.807) is 58.2 Å².